The molecule has 2 aromatic rings. The van der Waals surface area contributed by atoms with Crippen LogP contribution in [-0.2, 0) is 20.7 Å². The summed E-state index contributed by atoms with van der Waals surface area (Å²) in [5.41, 5.74) is 1.91. The highest BCUT2D eigenvalue weighted by Gasteiger charge is 2.27. The standard InChI is InChI=1S/C23H27N3O5S2/c1-6-31-23(29)19-14(4)18(22(28)30-5)21(33-19)26-17(27)9-10-32-20-15(12-24)7-8-16(25-20)11-13(2)3/h7-8,13H,6,9-11H2,1-5H3,(H,26,27). The number of ether oxygens (including phenoxy) is 2. The lowest BCUT2D eigenvalue weighted by molar-refractivity contribution is -0.115. The molecule has 8 nitrogen and oxygen atoms in total. The van der Waals surface area contributed by atoms with Crippen LogP contribution in [0.25, 0.3) is 0 Å². The van der Waals surface area contributed by atoms with Gasteiger partial charge in [-0.1, -0.05) is 13.8 Å². The Bertz CT molecular complexity index is 1070. The molecule has 0 aromatic carbocycles. The van der Waals surface area contributed by atoms with Gasteiger partial charge in [0, 0.05) is 17.9 Å². The van der Waals surface area contributed by atoms with Crippen molar-refractivity contribution in [3.8, 4) is 6.07 Å². The van der Waals surface area contributed by atoms with Crippen LogP contribution in [0.2, 0.25) is 0 Å². The molecule has 0 fully saturated rings. The van der Waals surface area contributed by atoms with Gasteiger partial charge in [0.15, 0.2) is 0 Å². The van der Waals surface area contributed by atoms with E-state index in [4.69, 9.17) is 9.47 Å². The average Bonchev–Trinajstić information content (AvgIpc) is 3.08. The molecule has 176 valence electrons. The second kappa shape index (κ2) is 12.4. The number of esters is 2. The Morgan fingerprint density at radius 2 is 2.00 bits per heavy atom. The molecular formula is C23H27N3O5S2. The van der Waals surface area contributed by atoms with Gasteiger partial charge in [-0.15, -0.1) is 23.1 Å². The molecule has 0 saturated carbocycles. The zero-order valence-electron chi connectivity index (χ0n) is 19.3. The summed E-state index contributed by atoms with van der Waals surface area (Å²) >= 11 is 2.31. The molecule has 0 aliphatic rings. The van der Waals surface area contributed by atoms with Crippen molar-refractivity contribution in [1.29, 1.82) is 5.26 Å². The molecular weight excluding hydrogens is 462 g/mol. The van der Waals surface area contributed by atoms with Gasteiger partial charge in [-0.3, -0.25) is 4.79 Å². The van der Waals surface area contributed by atoms with Gasteiger partial charge in [-0.25, -0.2) is 14.6 Å². The smallest absolute Gasteiger partial charge is 0.348 e. The highest BCUT2D eigenvalue weighted by Crippen LogP contribution is 2.34. The van der Waals surface area contributed by atoms with Gasteiger partial charge in [-0.05, 0) is 43.9 Å². The maximum Gasteiger partial charge on any atom is 0.348 e. The topological polar surface area (TPSA) is 118 Å². The third-order valence-electron chi connectivity index (χ3n) is 4.47. The number of hydrogen-bond acceptors (Lipinski definition) is 9. The zero-order chi connectivity index (χ0) is 24.5. The molecule has 0 aliphatic carbocycles. The van der Waals surface area contributed by atoms with Crippen molar-refractivity contribution < 1.29 is 23.9 Å². The summed E-state index contributed by atoms with van der Waals surface area (Å²) in [5.74, 6) is -0.708. The van der Waals surface area contributed by atoms with Crippen LogP contribution in [0.5, 0.6) is 0 Å². The van der Waals surface area contributed by atoms with Crippen molar-refractivity contribution in [2.24, 2.45) is 5.92 Å². The third-order valence-corrected chi connectivity index (χ3v) is 6.65. The molecule has 2 aromatic heterocycles. The molecule has 0 saturated heterocycles. The number of thiophene rings is 1. The predicted octanol–water partition coefficient (Wildman–Crippen LogP) is 4.61. The van der Waals surface area contributed by atoms with Gasteiger partial charge in [0.25, 0.3) is 0 Å². The van der Waals surface area contributed by atoms with Crippen LogP contribution in [0.15, 0.2) is 17.2 Å². The summed E-state index contributed by atoms with van der Waals surface area (Å²) in [4.78, 5) is 41.8. The highest BCUT2D eigenvalue weighted by atomic mass is 32.2. The Balaban J connectivity index is 2.11. The number of nitriles is 1. The summed E-state index contributed by atoms with van der Waals surface area (Å²) < 4.78 is 9.85. The number of amides is 1. The molecule has 0 radical (unpaired) electrons. The minimum atomic E-state index is -0.645. The maximum atomic E-state index is 12.6. The average molecular weight is 490 g/mol. The van der Waals surface area contributed by atoms with Crippen LogP contribution in [0.3, 0.4) is 0 Å². The molecule has 0 atom stereocenters. The Morgan fingerprint density at radius 3 is 2.61 bits per heavy atom. The molecule has 1 amide bonds. The fourth-order valence-electron chi connectivity index (χ4n) is 2.98. The van der Waals surface area contributed by atoms with Gasteiger partial charge < -0.3 is 14.8 Å². The van der Waals surface area contributed by atoms with Crippen molar-refractivity contribution in [1.82, 2.24) is 4.98 Å². The molecule has 2 rings (SSSR count). The monoisotopic (exact) mass is 489 g/mol. The van der Waals surface area contributed by atoms with Crippen molar-refractivity contribution in [2.45, 2.75) is 45.6 Å². The number of pyridine rings is 1. The van der Waals surface area contributed by atoms with Gasteiger partial charge in [0.2, 0.25) is 5.91 Å². The first-order valence-electron chi connectivity index (χ1n) is 10.4. The second-order valence-electron chi connectivity index (χ2n) is 7.48. The molecule has 10 heteroatoms. The predicted molar refractivity (Wildman–Crippen MR) is 128 cm³/mol. The number of thioether (sulfide) groups is 1. The van der Waals surface area contributed by atoms with E-state index in [2.05, 4.69) is 30.2 Å². The Labute approximate surface area is 201 Å². The van der Waals surface area contributed by atoms with Crippen molar-refractivity contribution in [2.75, 3.05) is 24.8 Å². The molecule has 0 aliphatic heterocycles. The SMILES string of the molecule is CCOC(=O)c1sc(NC(=O)CCSc2nc(CC(C)C)ccc2C#N)c(C(=O)OC)c1C. The number of aromatic nitrogens is 1. The van der Waals surface area contributed by atoms with E-state index >= 15 is 0 Å². The van der Waals surface area contributed by atoms with Crippen molar-refractivity contribution >= 4 is 45.9 Å². The molecule has 2 heterocycles. The molecule has 0 spiro atoms. The summed E-state index contributed by atoms with van der Waals surface area (Å²) in [6.07, 6.45) is 0.925. The zero-order valence-corrected chi connectivity index (χ0v) is 20.9. The van der Waals surface area contributed by atoms with Crippen molar-refractivity contribution in [3.63, 3.8) is 0 Å². The number of anilines is 1. The van der Waals surface area contributed by atoms with Gasteiger partial charge in [-0.2, -0.15) is 5.26 Å². The summed E-state index contributed by atoms with van der Waals surface area (Å²) in [6.45, 7) is 7.69. The summed E-state index contributed by atoms with van der Waals surface area (Å²) in [5, 5.41) is 12.9. The first-order chi connectivity index (χ1) is 15.7. The maximum absolute atomic E-state index is 12.6. The van der Waals surface area contributed by atoms with E-state index in [0.29, 0.717) is 27.8 Å². The second-order valence-corrected chi connectivity index (χ2v) is 9.59. The van der Waals surface area contributed by atoms with E-state index in [1.54, 1.807) is 19.9 Å². The molecule has 0 bridgehead atoms. The number of hydrogen-bond donors (Lipinski definition) is 1. The van der Waals surface area contributed by atoms with E-state index in [9.17, 15) is 19.6 Å². The molecule has 1 N–H and O–H groups in total. The minimum Gasteiger partial charge on any atom is -0.465 e. The first-order valence-corrected chi connectivity index (χ1v) is 12.2. The third kappa shape index (κ3) is 7.04. The number of methoxy groups -OCH3 is 1. The van der Waals surface area contributed by atoms with Crippen LogP contribution in [0.1, 0.15) is 64.0 Å². The van der Waals surface area contributed by atoms with Crippen LogP contribution in [-0.4, -0.2) is 42.3 Å². The highest BCUT2D eigenvalue weighted by molar-refractivity contribution is 7.99. The van der Waals surface area contributed by atoms with Crippen LogP contribution in [0, 0.1) is 24.2 Å². The first kappa shape index (κ1) is 26.4. The van der Waals surface area contributed by atoms with Crippen LogP contribution < -0.4 is 5.32 Å². The number of nitrogens with zero attached hydrogens (tertiary/aromatic N) is 2. The lowest BCUT2D eigenvalue weighted by atomic mass is 10.1. The Morgan fingerprint density at radius 1 is 1.27 bits per heavy atom. The lowest BCUT2D eigenvalue weighted by Crippen LogP contribution is -2.14. The van der Waals surface area contributed by atoms with Gasteiger partial charge in [0.05, 0.1) is 24.8 Å². The van der Waals surface area contributed by atoms with E-state index in [0.717, 1.165) is 23.5 Å². The van der Waals surface area contributed by atoms with Gasteiger partial charge in [0.1, 0.15) is 21.0 Å². The fraction of sp³-hybridized carbons (Fsp3) is 0.435. The van der Waals surface area contributed by atoms with Gasteiger partial charge >= 0.3 is 11.9 Å². The minimum absolute atomic E-state index is 0.123. The molecule has 0 unspecified atom stereocenters. The van der Waals surface area contributed by atoms with E-state index in [1.807, 2.05) is 6.07 Å². The summed E-state index contributed by atoms with van der Waals surface area (Å²) in [7, 11) is 1.24. The number of nitrogens with one attached hydrogen (secondary N) is 1. The lowest BCUT2D eigenvalue weighted by Gasteiger charge is -2.09. The Kier molecular flexibility index (Phi) is 9.88. The Hall–Kier alpha value is -2.90. The van der Waals surface area contributed by atoms with E-state index in [1.165, 1.54) is 18.9 Å². The quantitative estimate of drug-likeness (QED) is 0.380. The van der Waals surface area contributed by atoms with E-state index in [-0.39, 0.29) is 34.4 Å². The number of carbonyl (C=O) groups is 3. The number of rotatable bonds is 10. The van der Waals surface area contributed by atoms with E-state index < -0.39 is 11.9 Å². The van der Waals surface area contributed by atoms with Crippen LogP contribution >= 0.6 is 23.1 Å². The largest absolute Gasteiger partial charge is 0.465 e. The summed E-state index contributed by atoms with van der Waals surface area (Å²) in [6, 6.07) is 5.74. The number of carbonyl (C=O) groups excluding carboxylic acids is 3. The normalized spacial score (nSPS) is 10.6. The fourth-order valence-corrected chi connectivity index (χ4v) is 5.01. The molecule has 33 heavy (non-hydrogen) atoms. The van der Waals surface area contributed by atoms with Crippen molar-refractivity contribution in [3.05, 3.63) is 39.4 Å². The van der Waals surface area contributed by atoms with Crippen LogP contribution in [0.4, 0.5) is 5.00 Å².